The van der Waals surface area contributed by atoms with Gasteiger partial charge in [0.05, 0.1) is 12.0 Å². The number of rotatable bonds is 4. The van der Waals surface area contributed by atoms with Gasteiger partial charge < -0.3 is 25.2 Å². The zero-order chi connectivity index (χ0) is 34.1. The highest BCUT2D eigenvalue weighted by molar-refractivity contribution is 5.93. The molecule has 1 fully saturated rings. The van der Waals surface area contributed by atoms with E-state index in [1.807, 2.05) is 32.9 Å². The van der Waals surface area contributed by atoms with E-state index in [4.69, 9.17) is 9.47 Å². The summed E-state index contributed by atoms with van der Waals surface area (Å²) in [5.41, 5.74) is 5.69. The van der Waals surface area contributed by atoms with Crippen LogP contribution in [0.1, 0.15) is 82.6 Å². The van der Waals surface area contributed by atoms with Crippen molar-refractivity contribution >= 4 is 23.7 Å². The molecule has 1 saturated heterocycles. The molecular formula is C36H50N4O7. The van der Waals surface area contributed by atoms with Gasteiger partial charge in [-0.1, -0.05) is 63.6 Å². The third-order valence-corrected chi connectivity index (χ3v) is 9.14. The van der Waals surface area contributed by atoms with E-state index in [1.54, 1.807) is 26.2 Å². The summed E-state index contributed by atoms with van der Waals surface area (Å²) in [4.78, 5) is 54.6. The highest BCUT2D eigenvalue weighted by Crippen LogP contribution is 2.23. The number of nitrogens with zero attached hydrogens (tertiary/aromatic N) is 1. The van der Waals surface area contributed by atoms with Gasteiger partial charge in [-0.05, 0) is 73.8 Å². The number of hydrazine groups is 1. The molecular weight excluding hydrogens is 600 g/mol. The number of cyclic esters (lactones) is 1. The van der Waals surface area contributed by atoms with Crippen LogP contribution in [-0.4, -0.2) is 71.7 Å². The number of benzene rings is 2. The lowest BCUT2D eigenvalue weighted by molar-refractivity contribution is -0.157. The molecule has 4 bridgehead atoms. The molecule has 2 heterocycles. The lowest BCUT2D eigenvalue weighted by atomic mass is 9.95. The smallest absolute Gasteiger partial charge is 0.325 e. The molecule has 0 aliphatic carbocycles. The van der Waals surface area contributed by atoms with Gasteiger partial charge in [0, 0.05) is 20.1 Å². The molecule has 11 heteroatoms. The topological polar surface area (TPSA) is 146 Å². The van der Waals surface area contributed by atoms with Crippen molar-refractivity contribution in [2.45, 2.75) is 103 Å². The number of hydrogen-bond donors (Lipinski definition) is 4. The first kappa shape index (κ1) is 35.9. The number of aryl methyl sites for hydroxylation is 1. The number of carbonyl (C=O) groups is 4. The maximum absolute atomic E-state index is 14.0. The molecule has 6 atom stereocenters. The zero-order valence-electron chi connectivity index (χ0n) is 28.2. The van der Waals surface area contributed by atoms with Crippen molar-refractivity contribution in [3.8, 4) is 5.75 Å². The Morgan fingerprint density at radius 1 is 0.957 bits per heavy atom. The van der Waals surface area contributed by atoms with E-state index < -0.39 is 47.9 Å². The molecule has 2 aromatic rings. The summed E-state index contributed by atoms with van der Waals surface area (Å²) in [6.07, 6.45) is 3.51. The van der Waals surface area contributed by atoms with E-state index in [9.17, 15) is 24.3 Å². The number of hydrogen-bond acceptors (Lipinski definition) is 8. The number of nitrogens with one attached hydrogen (secondary N) is 3. The maximum atomic E-state index is 14.0. The Hall–Kier alpha value is -3.96. The molecule has 11 nitrogen and oxygen atoms in total. The minimum atomic E-state index is -1.05. The Morgan fingerprint density at radius 2 is 1.72 bits per heavy atom. The Kier molecular flexibility index (Phi) is 12.8. The number of phenolic OH excluding ortho intramolecular Hbond substituents is 1. The predicted molar refractivity (Wildman–Crippen MR) is 177 cm³/mol. The van der Waals surface area contributed by atoms with Gasteiger partial charge in [0.1, 0.15) is 30.0 Å². The molecule has 2 aliphatic heterocycles. The summed E-state index contributed by atoms with van der Waals surface area (Å²) < 4.78 is 11.6. The highest BCUT2D eigenvalue weighted by Gasteiger charge is 2.36. The van der Waals surface area contributed by atoms with Crippen LogP contribution in [0.25, 0.3) is 0 Å². The van der Waals surface area contributed by atoms with Crippen molar-refractivity contribution in [1.29, 1.82) is 0 Å². The monoisotopic (exact) mass is 650 g/mol. The number of aromatic hydroxyl groups is 1. The van der Waals surface area contributed by atoms with E-state index in [2.05, 4.69) is 28.2 Å². The van der Waals surface area contributed by atoms with Gasteiger partial charge in [0.15, 0.2) is 0 Å². The number of ether oxygens (including phenoxy) is 2. The third kappa shape index (κ3) is 9.77. The molecule has 0 aromatic heterocycles. The Balaban J connectivity index is 1.64. The first-order chi connectivity index (χ1) is 22.5. The van der Waals surface area contributed by atoms with Gasteiger partial charge in [-0.3, -0.25) is 24.2 Å². The number of esters is 1. The van der Waals surface area contributed by atoms with Crippen molar-refractivity contribution < 1.29 is 33.8 Å². The lowest BCUT2D eigenvalue weighted by Crippen LogP contribution is -2.62. The van der Waals surface area contributed by atoms with Crippen LogP contribution >= 0.6 is 0 Å². The molecule has 2 aromatic carbocycles. The summed E-state index contributed by atoms with van der Waals surface area (Å²) in [7, 11) is 1.59. The fraction of sp³-hybridized carbons (Fsp3) is 0.556. The molecule has 3 amide bonds. The molecule has 0 unspecified atom stereocenters. The standard InChI is InChI=1S/C36H50N4O7/c1-22(2)32-34(43)37-30(21-26-13-9-15-28(41)20-26)35(44)40-18-10-16-29(39-40)36(45)47-24(4)27-14-8-12-25(19-27)11-6-7-17-31(46-5)23(3)33(42)38-32/h8-9,12-15,19-20,22-24,29-32,39,41H,6-7,10-11,16-18,21H2,1-5H3,(H,37,43)(H,38,42)/t23-,24-,29+,30+,31-,32+/m1/s1. The van der Waals surface area contributed by atoms with Crippen LogP contribution in [0.5, 0.6) is 5.75 Å². The van der Waals surface area contributed by atoms with Gasteiger partial charge in [0.2, 0.25) is 11.8 Å². The molecule has 0 radical (unpaired) electrons. The van der Waals surface area contributed by atoms with Gasteiger partial charge in [-0.25, -0.2) is 5.43 Å². The Labute approximate surface area is 277 Å². The molecule has 2 aliphatic rings. The first-order valence-electron chi connectivity index (χ1n) is 16.7. The minimum absolute atomic E-state index is 0.0345. The van der Waals surface area contributed by atoms with Crippen LogP contribution in [0.15, 0.2) is 48.5 Å². The van der Waals surface area contributed by atoms with Gasteiger partial charge >= 0.3 is 5.97 Å². The average molecular weight is 651 g/mol. The summed E-state index contributed by atoms with van der Waals surface area (Å²) in [5, 5.41) is 17.2. The molecule has 0 spiro atoms. The van der Waals surface area contributed by atoms with Crippen LogP contribution in [-0.2, 0) is 41.5 Å². The van der Waals surface area contributed by atoms with Gasteiger partial charge in [-0.15, -0.1) is 0 Å². The van der Waals surface area contributed by atoms with Crippen LogP contribution in [0.2, 0.25) is 0 Å². The molecule has 47 heavy (non-hydrogen) atoms. The largest absolute Gasteiger partial charge is 0.508 e. The second kappa shape index (κ2) is 16.7. The number of fused-ring (bicyclic) bond motifs is 4. The zero-order valence-corrected chi connectivity index (χ0v) is 28.2. The quantitative estimate of drug-likeness (QED) is 0.366. The number of carbonyl (C=O) groups excluding carboxylic acids is 4. The van der Waals surface area contributed by atoms with Crippen LogP contribution in [0, 0.1) is 11.8 Å². The summed E-state index contributed by atoms with van der Waals surface area (Å²) >= 11 is 0. The molecule has 4 rings (SSSR count). The van der Waals surface area contributed by atoms with Gasteiger partial charge in [-0.2, -0.15) is 0 Å². The molecule has 256 valence electrons. The van der Waals surface area contributed by atoms with E-state index in [-0.39, 0.29) is 30.1 Å². The SMILES string of the molecule is CO[C@@H]1CCCCc2cccc(c2)[C@@H](C)OC(=O)[C@@H]2CCCN(N2)C(=O)[C@H](Cc2cccc(O)c2)NC(=O)[C@H](C(C)C)NC(=O)[C@@H]1C. The van der Waals surface area contributed by atoms with Crippen molar-refractivity contribution in [1.82, 2.24) is 21.1 Å². The van der Waals surface area contributed by atoms with E-state index in [1.165, 1.54) is 17.1 Å². The summed E-state index contributed by atoms with van der Waals surface area (Å²) in [6.45, 7) is 7.63. The normalized spacial score (nSPS) is 27.2. The second-order valence-electron chi connectivity index (χ2n) is 13.1. The molecule has 4 N–H and O–H groups in total. The summed E-state index contributed by atoms with van der Waals surface area (Å²) in [5.74, 6) is -2.46. The van der Waals surface area contributed by atoms with Crippen LogP contribution < -0.4 is 16.1 Å². The van der Waals surface area contributed by atoms with E-state index in [0.717, 1.165) is 30.4 Å². The molecule has 0 saturated carbocycles. The fourth-order valence-electron chi connectivity index (χ4n) is 6.24. The highest BCUT2D eigenvalue weighted by atomic mass is 16.5. The van der Waals surface area contributed by atoms with E-state index in [0.29, 0.717) is 31.4 Å². The van der Waals surface area contributed by atoms with Crippen molar-refractivity contribution in [2.75, 3.05) is 13.7 Å². The van der Waals surface area contributed by atoms with Crippen molar-refractivity contribution in [3.05, 3.63) is 65.2 Å². The second-order valence-corrected chi connectivity index (χ2v) is 13.1. The Morgan fingerprint density at radius 3 is 2.45 bits per heavy atom. The van der Waals surface area contributed by atoms with Gasteiger partial charge in [0.25, 0.3) is 5.91 Å². The maximum Gasteiger partial charge on any atom is 0.325 e. The average Bonchev–Trinajstić information content (AvgIpc) is 3.05. The van der Waals surface area contributed by atoms with Crippen LogP contribution in [0.4, 0.5) is 0 Å². The minimum Gasteiger partial charge on any atom is -0.508 e. The summed E-state index contributed by atoms with van der Waals surface area (Å²) in [6, 6.07) is 11.8. The lowest BCUT2D eigenvalue weighted by Gasteiger charge is -2.36. The number of phenols is 1. The number of methoxy groups -OCH3 is 1. The van der Waals surface area contributed by atoms with Crippen molar-refractivity contribution in [3.63, 3.8) is 0 Å². The first-order valence-corrected chi connectivity index (χ1v) is 16.7. The third-order valence-electron chi connectivity index (χ3n) is 9.14. The van der Waals surface area contributed by atoms with Crippen molar-refractivity contribution in [2.24, 2.45) is 11.8 Å². The fourth-order valence-corrected chi connectivity index (χ4v) is 6.24. The number of amides is 3. The van der Waals surface area contributed by atoms with Crippen LogP contribution in [0.3, 0.4) is 0 Å². The van der Waals surface area contributed by atoms with E-state index >= 15 is 0 Å². The predicted octanol–water partition coefficient (Wildman–Crippen LogP) is 3.74. The Bertz CT molecular complexity index is 1400.